The van der Waals surface area contributed by atoms with Crippen LogP contribution < -0.4 is 5.32 Å². The van der Waals surface area contributed by atoms with Crippen molar-refractivity contribution in [1.29, 1.82) is 0 Å². The molecule has 1 aliphatic heterocycles. The average Bonchev–Trinajstić information content (AvgIpc) is 3.09. The second-order valence-electron chi connectivity index (χ2n) is 7.16. The number of benzene rings is 2. The van der Waals surface area contributed by atoms with E-state index in [4.69, 9.17) is 4.74 Å². The van der Waals surface area contributed by atoms with Gasteiger partial charge in [-0.3, -0.25) is 10.1 Å². The zero-order chi connectivity index (χ0) is 20.6. The second kappa shape index (κ2) is 7.58. The number of anilines is 1. The van der Waals surface area contributed by atoms with Crippen LogP contribution in [0.15, 0.2) is 53.4 Å². The molecule has 0 spiro atoms. The number of H-pyrrole nitrogens is 1. The van der Waals surface area contributed by atoms with Crippen LogP contribution in [0.25, 0.3) is 11.0 Å². The van der Waals surface area contributed by atoms with Gasteiger partial charge in [0.2, 0.25) is 16.0 Å². The topological polar surface area (TPSA) is 104 Å². The molecule has 1 aliphatic rings. The van der Waals surface area contributed by atoms with Gasteiger partial charge in [0.05, 0.1) is 28.1 Å². The Labute approximate surface area is 168 Å². The van der Waals surface area contributed by atoms with Gasteiger partial charge in [-0.15, -0.1) is 0 Å². The van der Waals surface area contributed by atoms with Crippen LogP contribution in [0, 0.1) is 0 Å². The predicted octanol–water partition coefficient (Wildman–Crippen LogP) is 2.61. The highest BCUT2D eigenvalue weighted by Crippen LogP contribution is 2.22. The summed E-state index contributed by atoms with van der Waals surface area (Å²) >= 11 is 0. The third-order valence-corrected chi connectivity index (χ3v) is 6.57. The summed E-state index contributed by atoms with van der Waals surface area (Å²) in [5, 5.41) is 2.69. The molecule has 0 saturated carbocycles. The maximum atomic E-state index is 13.0. The van der Waals surface area contributed by atoms with Crippen LogP contribution in [0.5, 0.6) is 0 Å². The van der Waals surface area contributed by atoms with Crippen molar-refractivity contribution in [3.63, 3.8) is 0 Å². The van der Waals surface area contributed by atoms with Crippen molar-refractivity contribution in [1.82, 2.24) is 14.3 Å². The molecule has 1 amide bonds. The molecule has 29 heavy (non-hydrogen) atoms. The summed E-state index contributed by atoms with van der Waals surface area (Å²) in [4.78, 5) is 20.1. The lowest BCUT2D eigenvalue weighted by atomic mass is 10.2. The predicted molar refractivity (Wildman–Crippen MR) is 109 cm³/mol. The Bertz CT molecular complexity index is 1120. The number of hydrogen-bond donors (Lipinski definition) is 2. The van der Waals surface area contributed by atoms with Crippen LogP contribution in [-0.4, -0.2) is 53.9 Å². The van der Waals surface area contributed by atoms with Crippen molar-refractivity contribution < 1.29 is 17.9 Å². The molecule has 1 saturated heterocycles. The van der Waals surface area contributed by atoms with E-state index in [-0.39, 0.29) is 35.8 Å². The summed E-state index contributed by atoms with van der Waals surface area (Å²) in [6.07, 6.45) is -0.374. The lowest BCUT2D eigenvalue weighted by Crippen LogP contribution is -2.48. The highest BCUT2D eigenvalue weighted by molar-refractivity contribution is 7.89. The molecule has 1 fully saturated rings. The average molecular weight is 414 g/mol. The number of imidazole rings is 1. The Hall–Kier alpha value is -2.75. The molecule has 2 heterocycles. The van der Waals surface area contributed by atoms with Gasteiger partial charge in [-0.25, -0.2) is 13.4 Å². The van der Waals surface area contributed by atoms with Gasteiger partial charge >= 0.3 is 0 Å². The Balaban J connectivity index is 1.56. The molecule has 9 heteroatoms. The minimum Gasteiger partial charge on any atom is -0.373 e. The molecular formula is C20H22N4O4S. The molecule has 3 aromatic rings. The number of carbonyl (C=O) groups is 1. The maximum Gasteiger partial charge on any atom is 0.258 e. The van der Waals surface area contributed by atoms with Crippen LogP contribution in [0.1, 0.15) is 24.2 Å². The van der Waals surface area contributed by atoms with Gasteiger partial charge in [0, 0.05) is 18.7 Å². The Kier molecular flexibility index (Phi) is 5.12. The summed E-state index contributed by atoms with van der Waals surface area (Å²) in [5.41, 5.74) is 1.77. The van der Waals surface area contributed by atoms with Gasteiger partial charge in [0.25, 0.3) is 5.91 Å². The number of nitrogens with one attached hydrogen (secondary N) is 2. The number of rotatable bonds is 4. The first kappa shape index (κ1) is 19.6. The molecular weight excluding hydrogens is 392 g/mol. The number of para-hydroxylation sites is 2. The van der Waals surface area contributed by atoms with Crippen LogP contribution in [0.2, 0.25) is 0 Å². The zero-order valence-electron chi connectivity index (χ0n) is 16.1. The molecule has 4 rings (SSSR count). The molecule has 0 radical (unpaired) electrons. The number of nitrogens with zero attached hydrogens (tertiary/aromatic N) is 2. The normalized spacial score (nSPS) is 20.6. The van der Waals surface area contributed by atoms with E-state index in [0.717, 1.165) is 11.0 Å². The van der Waals surface area contributed by atoms with Crippen LogP contribution in [-0.2, 0) is 14.8 Å². The van der Waals surface area contributed by atoms with Crippen LogP contribution in [0.4, 0.5) is 5.95 Å². The van der Waals surface area contributed by atoms with E-state index < -0.39 is 15.9 Å². The highest BCUT2D eigenvalue weighted by Gasteiger charge is 2.32. The molecule has 2 aromatic carbocycles. The minimum absolute atomic E-state index is 0.0797. The SMILES string of the molecule is C[C@H]1CN(S(=O)(=O)c2cccc(C(=O)Nc3nc4ccccc4[nH]3)c2)C[C@H](C)O1. The summed E-state index contributed by atoms with van der Waals surface area (Å²) in [7, 11) is -3.73. The number of aromatic amines is 1. The van der Waals surface area contributed by atoms with Crippen molar-refractivity contribution >= 4 is 32.9 Å². The first-order chi connectivity index (χ1) is 13.8. The largest absolute Gasteiger partial charge is 0.373 e. The van der Waals surface area contributed by atoms with Gasteiger partial charge < -0.3 is 9.72 Å². The van der Waals surface area contributed by atoms with E-state index in [2.05, 4.69) is 15.3 Å². The lowest BCUT2D eigenvalue weighted by molar-refractivity contribution is -0.0440. The van der Waals surface area contributed by atoms with E-state index in [0.29, 0.717) is 5.95 Å². The fourth-order valence-electron chi connectivity index (χ4n) is 3.47. The van der Waals surface area contributed by atoms with Crippen molar-refractivity contribution in [2.24, 2.45) is 0 Å². The number of carbonyl (C=O) groups excluding carboxylic acids is 1. The number of sulfonamides is 1. The van der Waals surface area contributed by atoms with Crippen molar-refractivity contribution in [3.8, 4) is 0 Å². The fraction of sp³-hybridized carbons (Fsp3) is 0.300. The summed E-state index contributed by atoms with van der Waals surface area (Å²) in [5.74, 6) is -0.134. The molecule has 0 bridgehead atoms. The highest BCUT2D eigenvalue weighted by atomic mass is 32.2. The van der Waals surface area contributed by atoms with Crippen molar-refractivity contribution in [2.75, 3.05) is 18.4 Å². The summed E-state index contributed by atoms with van der Waals surface area (Å²) in [6, 6.07) is 13.4. The lowest BCUT2D eigenvalue weighted by Gasteiger charge is -2.34. The smallest absolute Gasteiger partial charge is 0.258 e. The van der Waals surface area contributed by atoms with E-state index in [1.54, 1.807) is 12.1 Å². The third kappa shape index (κ3) is 4.02. The number of amides is 1. The standard InChI is InChI=1S/C20H22N4O4S/c1-13-11-24(12-14(2)28-13)29(26,27)16-7-5-6-15(10-16)19(25)23-20-21-17-8-3-4-9-18(17)22-20/h3-10,13-14H,11-12H2,1-2H3,(H2,21,22,23,25)/t13-,14-/m0/s1. The molecule has 152 valence electrons. The fourth-order valence-corrected chi connectivity index (χ4v) is 5.10. The van der Waals surface area contributed by atoms with E-state index in [9.17, 15) is 13.2 Å². The first-order valence-corrected chi connectivity index (χ1v) is 10.8. The molecule has 0 aliphatic carbocycles. The van der Waals surface area contributed by atoms with Crippen LogP contribution in [0.3, 0.4) is 0 Å². The Morgan fingerprint density at radius 2 is 1.86 bits per heavy atom. The summed E-state index contributed by atoms with van der Waals surface area (Å²) in [6.45, 7) is 4.24. The van der Waals surface area contributed by atoms with Crippen molar-refractivity contribution in [2.45, 2.75) is 31.0 Å². The molecule has 1 aromatic heterocycles. The molecule has 0 unspecified atom stereocenters. The Morgan fingerprint density at radius 1 is 1.14 bits per heavy atom. The van der Waals surface area contributed by atoms with Gasteiger partial charge in [-0.05, 0) is 44.2 Å². The van der Waals surface area contributed by atoms with Crippen molar-refractivity contribution in [3.05, 3.63) is 54.1 Å². The zero-order valence-corrected chi connectivity index (χ0v) is 16.9. The van der Waals surface area contributed by atoms with Gasteiger partial charge in [-0.2, -0.15) is 4.31 Å². The monoisotopic (exact) mass is 414 g/mol. The van der Waals surface area contributed by atoms with Gasteiger partial charge in [0.1, 0.15) is 0 Å². The number of fused-ring (bicyclic) bond motifs is 1. The number of morpholine rings is 1. The van der Waals surface area contributed by atoms with Gasteiger partial charge in [0.15, 0.2) is 0 Å². The third-order valence-electron chi connectivity index (χ3n) is 4.74. The number of aromatic nitrogens is 2. The van der Waals surface area contributed by atoms with E-state index in [1.807, 2.05) is 38.1 Å². The van der Waals surface area contributed by atoms with E-state index in [1.165, 1.54) is 16.4 Å². The number of ether oxygens (including phenoxy) is 1. The maximum absolute atomic E-state index is 13.0. The Morgan fingerprint density at radius 3 is 2.59 bits per heavy atom. The number of hydrogen-bond acceptors (Lipinski definition) is 5. The van der Waals surface area contributed by atoms with E-state index >= 15 is 0 Å². The van der Waals surface area contributed by atoms with Gasteiger partial charge in [-0.1, -0.05) is 18.2 Å². The second-order valence-corrected chi connectivity index (χ2v) is 9.10. The molecule has 8 nitrogen and oxygen atoms in total. The quantitative estimate of drug-likeness (QED) is 0.683. The van der Waals surface area contributed by atoms with Crippen LogP contribution >= 0.6 is 0 Å². The summed E-state index contributed by atoms with van der Waals surface area (Å²) < 4.78 is 33.1. The molecule has 2 atom stereocenters. The first-order valence-electron chi connectivity index (χ1n) is 9.35. The molecule has 2 N–H and O–H groups in total. The minimum atomic E-state index is -3.73.